The summed E-state index contributed by atoms with van der Waals surface area (Å²) >= 11 is 0. The average molecular weight is 260 g/mol. The zero-order valence-corrected chi connectivity index (χ0v) is 10.8. The predicted molar refractivity (Wildman–Crippen MR) is 62.8 cm³/mol. The Morgan fingerprint density at radius 2 is 2.06 bits per heavy atom. The molecule has 0 aromatic carbocycles. The molecule has 0 aromatic heterocycles. The molecule has 1 spiro atoms. The average Bonchev–Trinajstić information content (AvgIpc) is 2.68. The van der Waals surface area contributed by atoms with Crippen LogP contribution in [0, 0.1) is 5.41 Å². The van der Waals surface area contributed by atoms with Crippen LogP contribution in [0.15, 0.2) is 0 Å². The maximum absolute atomic E-state index is 14.3. The molecule has 0 radical (unpaired) electrons. The molecule has 2 aliphatic rings. The first-order chi connectivity index (χ1) is 8.56. The van der Waals surface area contributed by atoms with E-state index in [0.29, 0.717) is 32.5 Å². The van der Waals surface area contributed by atoms with Crippen molar-refractivity contribution in [2.45, 2.75) is 50.8 Å². The summed E-state index contributed by atoms with van der Waals surface area (Å²) in [4.78, 5) is 11.6. The molecule has 5 heteroatoms. The van der Waals surface area contributed by atoms with Gasteiger partial charge < -0.3 is 14.6 Å². The highest BCUT2D eigenvalue weighted by Crippen LogP contribution is 2.55. The predicted octanol–water partition coefficient (Wildman–Crippen LogP) is 1.60. The van der Waals surface area contributed by atoms with Crippen molar-refractivity contribution in [3.05, 3.63) is 0 Å². The molecule has 18 heavy (non-hydrogen) atoms. The van der Waals surface area contributed by atoms with E-state index in [9.17, 15) is 14.3 Å². The third kappa shape index (κ3) is 2.03. The summed E-state index contributed by atoms with van der Waals surface area (Å²) in [6.45, 7) is 2.81. The minimum absolute atomic E-state index is 0.130. The minimum atomic E-state index is -1.95. The van der Waals surface area contributed by atoms with Gasteiger partial charge in [0.25, 0.3) is 0 Å². The fourth-order valence-electron chi connectivity index (χ4n) is 3.43. The van der Waals surface area contributed by atoms with Crippen molar-refractivity contribution in [3.63, 3.8) is 0 Å². The number of esters is 1. The van der Waals surface area contributed by atoms with Gasteiger partial charge in [0.1, 0.15) is 5.60 Å². The Hall–Kier alpha value is -0.680. The van der Waals surface area contributed by atoms with Crippen molar-refractivity contribution < 1.29 is 23.8 Å². The van der Waals surface area contributed by atoms with Gasteiger partial charge in [-0.1, -0.05) is 0 Å². The lowest BCUT2D eigenvalue weighted by Crippen LogP contribution is -2.56. The lowest BCUT2D eigenvalue weighted by Gasteiger charge is -2.45. The molecule has 2 atom stereocenters. The first-order valence-electron chi connectivity index (χ1n) is 6.66. The van der Waals surface area contributed by atoms with Crippen LogP contribution in [0.5, 0.6) is 0 Å². The third-order valence-corrected chi connectivity index (χ3v) is 4.49. The summed E-state index contributed by atoms with van der Waals surface area (Å²) in [5.74, 6) is -0.937. The van der Waals surface area contributed by atoms with Crippen molar-refractivity contribution in [2.24, 2.45) is 5.41 Å². The Labute approximate surface area is 106 Å². The van der Waals surface area contributed by atoms with Gasteiger partial charge in [0, 0.05) is 18.6 Å². The molecule has 1 N–H and O–H groups in total. The van der Waals surface area contributed by atoms with E-state index in [1.807, 2.05) is 0 Å². The van der Waals surface area contributed by atoms with Gasteiger partial charge in [0.05, 0.1) is 6.61 Å². The second-order valence-electron chi connectivity index (χ2n) is 5.29. The van der Waals surface area contributed by atoms with Gasteiger partial charge in [-0.05, 0) is 39.0 Å². The van der Waals surface area contributed by atoms with Crippen molar-refractivity contribution >= 4 is 5.97 Å². The lowest BCUT2D eigenvalue weighted by molar-refractivity contribution is -0.182. The van der Waals surface area contributed by atoms with E-state index in [-0.39, 0.29) is 6.61 Å². The summed E-state index contributed by atoms with van der Waals surface area (Å²) in [5.41, 5.74) is -2.10. The summed E-state index contributed by atoms with van der Waals surface area (Å²) in [6.07, 6.45) is 1.11. The second kappa shape index (κ2) is 5.13. The van der Waals surface area contributed by atoms with Crippen LogP contribution in [0.25, 0.3) is 0 Å². The van der Waals surface area contributed by atoms with E-state index < -0.39 is 23.2 Å². The molecule has 2 rings (SSSR count). The summed E-state index contributed by atoms with van der Waals surface area (Å²) in [6, 6.07) is 0. The molecule has 1 aliphatic carbocycles. The van der Waals surface area contributed by atoms with Gasteiger partial charge in [0.2, 0.25) is 6.17 Å². The summed E-state index contributed by atoms with van der Waals surface area (Å²) in [5, 5.41) is 10.7. The van der Waals surface area contributed by atoms with Crippen LogP contribution >= 0.6 is 0 Å². The Morgan fingerprint density at radius 1 is 1.39 bits per heavy atom. The highest BCUT2D eigenvalue weighted by atomic mass is 19.1. The molecule has 1 aliphatic heterocycles. The first-order valence-corrected chi connectivity index (χ1v) is 6.66. The molecule has 1 heterocycles. The number of carbonyl (C=O) groups is 1. The van der Waals surface area contributed by atoms with E-state index in [2.05, 4.69) is 0 Å². The second-order valence-corrected chi connectivity index (χ2v) is 5.29. The highest BCUT2D eigenvalue weighted by Gasteiger charge is 2.60. The smallest absolute Gasteiger partial charge is 0.343 e. The van der Waals surface area contributed by atoms with Crippen molar-refractivity contribution in [2.75, 3.05) is 19.8 Å². The van der Waals surface area contributed by atoms with Crippen LogP contribution in [-0.4, -0.2) is 42.7 Å². The van der Waals surface area contributed by atoms with E-state index in [4.69, 9.17) is 9.47 Å². The quantitative estimate of drug-likeness (QED) is 0.783. The normalized spacial score (nSPS) is 32.4. The SMILES string of the molecule is CCOC(=O)C(F)C1(O)CCCC12CCOCC2. The summed E-state index contributed by atoms with van der Waals surface area (Å²) in [7, 11) is 0. The monoisotopic (exact) mass is 260 g/mol. The Balaban J connectivity index is 2.19. The fraction of sp³-hybridized carbons (Fsp3) is 0.923. The molecule has 104 valence electrons. The van der Waals surface area contributed by atoms with Gasteiger partial charge >= 0.3 is 5.97 Å². The van der Waals surface area contributed by atoms with Crippen LogP contribution in [0.3, 0.4) is 0 Å². The number of alkyl halides is 1. The summed E-state index contributed by atoms with van der Waals surface area (Å²) < 4.78 is 24.3. The molecule has 2 fully saturated rings. The number of ether oxygens (including phenoxy) is 2. The largest absolute Gasteiger partial charge is 0.464 e. The molecule has 0 amide bonds. The van der Waals surface area contributed by atoms with Crippen LogP contribution in [0.2, 0.25) is 0 Å². The van der Waals surface area contributed by atoms with E-state index in [1.165, 1.54) is 0 Å². The lowest BCUT2D eigenvalue weighted by atomic mass is 9.67. The maximum Gasteiger partial charge on any atom is 0.343 e. The first kappa shape index (κ1) is 13.7. The van der Waals surface area contributed by atoms with Gasteiger partial charge in [-0.25, -0.2) is 9.18 Å². The molecule has 0 bridgehead atoms. The third-order valence-electron chi connectivity index (χ3n) is 4.49. The van der Waals surface area contributed by atoms with Gasteiger partial charge in [0.15, 0.2) is 0 Å². The number of halogens is 1. The van der Waals surface area contributed by atoms with E-state index >= 15 is 0 Å². The molecule has 1 saturated carbocycles. The van der Waals surface area contributed by atoms with Crippen molar-refractivity contribution in [3.8, 4) is 0 Å². The van der Waals surface area contributed by atoms with Crippen LogP contribution in [0.1, 0.15) is 39.0 Å². The zero-order chi connectivity index (χ0) is 13.2. The van der Waals surface area contributed by atoms with Gasteiger partial charge in [-0.15, -0.1) is 0 Å². The molecular weight excluding hydrogens is 239 g/mol. The Bertz CT molecular complexity index is 314. The van der Waals surface area contributed by atoms with E-state index in [1.54, 1.807) is 6.92 Å². The molecule has 4 nitrogen and oxygen atoms in total. The Morgan fingerprint density at radius 3 is 2.67 bits per heavy atom. The van der Waals surface area contributed by atoms with E-state index in [0.717, 1.165) is 12.8 Å². The molecule has 2 unspecified atom stereocenters. The number of aliphatic hydroxyl groups is 1. The highest BCUT2D eigenvalue weighted by molar-refractivity contribution is 5.76. The standard InChI is InChI=1S/C13H21FO4/c1-2-18-11(15)10(14)13(16)5-3-4-12(13)6-8-17-9-7-12/h10,16H,2-9H2,1H3. The molecule has 1 saturated heterocycles. The van der Waals surface area contributed by atoms with Crippen LogP contribution in [0.4, 0.5) is 4.39 Å². The topological polar surface area (TPSA) is 55.8 Å². The van der Waals surface area contributed by atoms with Crippen molar-refractivity contribution in [1.82, 2.24) is 0 Å². The maximum atomic E-state index is 14.3. The van der Waals surface area contributed by atoms with Crippen LogP contribution in [-0.2, 0) is 14.3 Å². The number of rotatable bonds is 3. The number of carbonyl (C=O) groups excluding carboxylic acids is 1. The number of hydrogen-bond acceptors (Lipinski definition) is 4. The zero-order valence-electron chi connectivity index (χ0n) is 10.8. The number of hydrogen-bond donors (Lipinski definition) is 1. The van der Waals surface area contributed by atoms with Gasteiger partial charge in [-0.2, -0.15) is 0 Å². The van der Waals surface area contributed by atoms with Crippen LogP contribution < -0.4 is 0 Å². The van der Waals surface area contributed by atoms with Gasteiger partial charge in [-0.3, -0.25) is 0 Å². The Kier molecular flexibility index (Phi) is 3.92. The fourth-order valence-corrected chi connectivity index (χ4v) is 3.43. The minimum Gasteiger partial charge on any atom is -0.464 e. The molecular formula is C13H21FO4. The molecule has 0 aromatic rings. The van der Waals surface area contributed by atoms with Crippen molar-refractivity contribution in [1.29, 1.82) is 0 Å².